The molecule has 7 heteroatoms. The Labute approximate surface area is 217 Å². The molecule has 6 nitrogen and oxygen atoms in total. The highest BCUT2D eigenvalue weighted by Gasteiger charge is 2.43. The van der Waals surface area contributed by atoms with Gasteiger partial charge in [0.25, 0.3) is 0 Å². The van der Waals surface area contributed by atoms with Crippen molar-refractivity contribution in [1.29, 1.82) is 0 Å². The molecule has 184 valence electrons. The van der Waals surface area contributed by atoms with Crippen molar-refractivity contribution in [2.45, 2.75) is 32.9 Å². The third-order valence-electron chi connectivity index (χ3n) is 6.79. The summed E-state index contributed by atoms with van der Waals surface area (Å²) in [5, 5.41) is 4.16. The third-order valence-corrected chi connectivity index (χ3v) is 7.11. The van der Waals surface area contributed by atoms with Crippen LogP contribution < -0.4 is 19.7 Å². The molecule has 0 amide bonds. The van der Waals surface area contributed by atoms with Crippen LogP contribution in [0, 0.1) is 20.8 Å². The average molecular weight is 499 g/mol. The topological polar surface area (TPSA) is 51.6 Å². The van der Waals surface area contributed by atoms with Gasteiger partial charge in [0, 0.05) is 29.3 Å². The molecule has 0 bridgehead atoms. The van der Waals surface area contributed by atoms with Gasteiger partial charge in [0.05, 0.1) is 37.7 Å². The molecule has 4 aromatic rings. The number of aromatic nitrogens is 2. The van der Waals surface area contributed by atoms with Gasteiger partial charge >= 0.3 is 0 Å². The Morgan fingerprint density at radius 1 is 0.917 bits per heavy atom. The summed E-state index contributed by atoms with van der Waals surface area (Å²) in [4.78, 5) is 6.83. The molecule has 5 rings (SSSR count). The van der Waals surface area contributed by atoms with Crippen molar-refractivity contribution in [3.63, 3.8) is 0 Å². The molecule has 0 aliphatic carbocycles. The van der Waals surface area contributed by atoms with Gasteiger partial charge in [-0.15, -0.1) is 0 Å². The van der Waals surface area contributed by atoms with E-state index in [-0.39, 0.29) is 12.1 Å². The molecular formula is C29H30N4O2S. The predicted octanol–water partition coefficient (Wildman–Crippen LogP) is 5.99. The predicted molar refractivity (Wildman–Crippen MR) is 147 cm³/mol. The van der Waals surface area contributed by atoms with Crippen LogP contribution >= 0.6 is 12.2 Å². The second-order valence-electron chi connectivity index (χ2n) is 9.04. The van der Waals surface area contributed by atoms with Gasteiger partial charge in [-0.2, -0.15) is 0 Å². The van der Waals surface area contributed by atoms with Gasteiger partial charge in [0.1, 0.15) is 11.5 Å². The maximum atomic E-state index is 5.94. The summed E-state index contributed by atoms with van der Waals surface area (Å²) in [6.45, 7) is 6.43. The van der Waals surface area contributed by atoms with E-state index < -0.39 is 0 Å². The Kier molecular flexibility index (Phi) is 6.41. The van der Waals surface area contributed by atoms with Crippen LogP contribution in [0.5, 0.6) is 11.5 Å². The zero-order chi connectivity index (χ0) is 25.4. The SMILES string of the molecule is COc1ccc(OC)c(N2C(=S)N[C@@H](c3ccccn3)[C@@H]2c2cc(C)n(-c3cccc(C)c3)c2C)c1. The van der Waals surface area contributed by atoms with Crippen molar-refractivity contribution in [1.82, 2.24) is 14.9 Å². The lowest BCUT2D eigenvalue weighted by molar-refractivity contribution is 0.403. The number of ether oxygens (including phenoxy) is 2. The van der Waals surface area contributed by atoms with E-state index >= 15 is 0 Å². The molecular weight excluding hydrogens is 468 g/mol. The van der Waals surface area contributed by atoms with Gasteiger partial charge in [0.15, 0.2) is 5.11 Å². The van der Waals surface area contributed by atoms with Gasteiger partial charge in [-0.3, -0.25) is 4.98 Å². The minimum Gasteiger partial charge on any atom is -0.497 e. The van der Waals surface area contributed by atoms with E-state index in [1.54, 1.807) is 14.2 Å². The number of thiocarbonyl (C=S) groups is 1. The molecule has 2 aromatic carbocycles. The number of nitrogens with one attached hydrogen (secondary N) is 1. The van der Waals surface area contributed by atoms with Gasteiger partial charge < -0.3 is 24.3 Å². The molecule has 2 atom stereocenters. The molecule has 1 N–H and O–H groups in total. The summed E-state index contributed by atoms with van der Waals surface area (Å²) < 4.78 is 13.6. The Morgan fingerprint density at radius 2 is 1.75 bits per heavy atom. The van der Waals surface area contributed by atoms with Gasteiger partial charge in [-0.05, 0) is 86.6 Å². The van der Waals surface area contributed by atoms with Gasteiger partial charge in [0.2, 0.25) is 0 Å². The lowest BCUT2D eigenvalue weighted by atomic mass is 9.96. The first kappa shape index (κ1) is 23.9. The fourth-order valence-corrected chi connectivity index (χ4v) is 5.51. The van der Waals surface area contributed by atoms with Gasteiger partial charge in [-0.25, -0.2) is 0 Å². The molecule has 0 saturated carbocycles. The van der Waals surface area contributed by atoms with Crippen LogP contribution in [0.1, 0.15) is 40.3 Å². The zero-order valence-electron chi connectivity index (χ0n) is 21.1. The summed E-state index contributed by atoms with van der Waals surface area (Å²) in [5.74, 6) is 1.46. The first-order chi connectivity index (χ1) is 17.4. The molecule has 1 saturated heterocycles. The van der Waals surface area contributed by atoms with Crippen LogP contribution in [0.15, 0.2) is 72.9 Å². The number of rotatable bonds is 6. The standard InChI is InChI=1S/C29H30N4O2S/c1-18-9-8-10-21(15-18)32-19(2)16-23(20(32)3)28-27(24-11-6-7-14-30-24)31-29(36)33(28)25-17-22(34-4)12-13-26(25)35-5/h6-17,27-28H,1-5H3,(H,31,36)/t27-,28-/m0/s1. The van der Waals surface area contributed by atoms with Crippen molar-refractivity contribution in [2.24, 2.45) is 0 Å². The summed E-state index contributed by atoms with van der Waals surface area (Å²) in [7, 11) is 3.34. The Bertz CT molecular complexity index is 1420. The number of anilines is 1. The molecule has 1 aliphatic rings. The second-order valence-corrected chi connectivity index (χ2v) is 9.42. The Hall–Kier alpha value is -3.84. The number of hydrogen-bond donors (Lipinski definition) is 1. The number of benzene rings is 2. The van der Waals surface area contributed by atoms with E-state index in [1.807, 2.05) is 42.6 Å². The lowest BCUT2D eigenvalue weighted by Crippen LogP contribution is -2.30. The summed E-state index contributed by atoms with van der Waals surface area (Å²) in [6.07, 6.45) is 1.82. The molecule has 2 aromatic heterocycles. The number of pyridine rings is 1. The van der Waals surface area contributed by atoms with Crippen molar-refractivity contribution < 1.29 is 9.47 Å². The summed E-state index contributed by atoms with van der Waals surface area (Å²) >= 11 is 5.94. The Balaban J connectivity index is 1.72. The van der Waals surface area contributed by atoms with Crippen molar-refractivity contribution >= 4 is 23.0 Å². The molecule has 36 heavy (non-hydrogen) atoms. The maximum Gasteiger partial charge on any atom is 0.174 e. The Morgan fingerprint density at radius 3 is 2.44 bits per heavy atom. The van der Waals surface area contributed by atoms with Crippen LogP contribution in [0.3, 0.4) is 0 Å². The second kappa shape index (κ2) is 9.66. The highest BCUT2D eigenvalue weighted by Crippen LogP contribution is 2.47. The molecule has 3 heterocycles. The highest BCUT2D eigenvalue weighted by molar-refractivity contribution is 7.80. The number of nitrogens with zero attached hydrogens (tertiary/aromatic N) is 3. The molecule has 0 radical (unpaired) electrons. The number of methoxy groups -OCH3 is 2. The minimum atomic E-state index is -0.154. The van der Waals surface area contributed by atoms with Gasteiger partial charge in [-0.1, -0.05) is 18.2 Å². The number of hydrogen-bond acceptors (Lipinski definition) is 4. The highest BCUT2D eigenvalue weighted by atomic mass is 32.1. The lowest BCUT2D eigenvalue weighted by Gasteiger charge is -2.29. The van der Waals surface area contributed by atoms with Crippen molar-refractivity contribution in [2.75, 3.05) is 19.1 Å². The van der Waals surface area contributed by atoms with Crippen LogP contribution in [0.25, 0.3) is 5.69 Å². The maximum absolute atomic E-state index is 5.94. The summed E-state index contributed by atoms with van der Waals surface area (Å²) in [6, 6.07) is 22.3. The molecule has 0 unspecified atom stereocenters. The molecule has 0 spiro atoms. The van der Waals surface area contributed by atoms with Crippen LogP contribution in [-0.4, -0.2) is 28.9 Å². The third kappa shape index (κ3) is 4.09. The first-order valence-corrected chi connectivity index (χ1v) is 12.3. The number of aryl methyl sites for hydroxylation is 2. The van der Waals surface area contributed by atoms with Crippen LogP contribution in [0.2, 0.25) is 0 Å². The van der Waals surface area contributed by atoms with Crippen LogP contribution in [-0.2, 0) is 0 Å². The fourth-order valence-electron chi connectivity index (χ4n) is 5.17. The van der Waals surface area contributed by atoms with E-state index in [0.29, 0.717) is 5.11 Å². The molecule has 1 aliphatic heterocycles. The average Bonchev–Trinajstić information content (AvgIpc) is 3.38. The smallest absolute Gasteiger partial charge is 0.174 e. The van der Waals surface area contributed by atoms with E-state index in [1.165, 1.54) is 11.1 Å². The normalized spacial score (nSPS) is 17.2. The minimum absolute atomic E-state index is 0.152. The monoisotopic (exact) mass is 498 g/mol. The zero-order valence-corrected chi connectivity index (χ0v) is 22.0. The van der Waals surface area contributed by atoms with Crippen molar-refractivity contribution in [3.05, 3.63) is 101 Å². The van der Waals surface area contributed by atoms with Crippen molar-refractivity contribution in [3.8, 4) is 17.2 Å². The molecule has 1 fully saturated rings. The van der Waals surface area contributed by atoms with E-state index in [4.69, 9.17) is 26.7 Å². The quantitative estimate of drug-likeness (QED) is 0.330. The fraction of sp³-hybridized carbons (Fsp3) is 0.241. The van der Waals surface area contributed by atoms with Crippen LogP contribution in [0.4, 0.5) is 5.69 Å². The largest absolute Gasteiger partial charge is 0.497 e. The van der Waals surface area contributed by atoms with E-state index in [9.17, 15) is 0 Å². The van der Waals surface area contributed by atoms with E-state index in [2.05, 4.69) is 65.9 Å². The summed E-state index contributed by atoms with van der Waals surface area (Å²) in [5.41, 5.74) is 7.62. The van der Waals surface area contributed by atoms with E-state index in [0.717, 1.165) is 40.0 Å². The first-order valence-electron chi connectivity index (χ1n) is 11.9.